The van der Waals surface area contributed by atoms with Crippen molar-refractivity contribution in [2.45, 2.75) is 6.92 Å². The number of nitrogens with zero attached hydrogens (tertiary/aromatic N) is 2. The Balaban J connectivity index is 1.91. The fraction of sp³-hybridized carbons (Fsp3) is 0.0526. The van der Waals surface area contributed by atoms with Gasteiger partial charge in [0, 0.05) is 11.6 Å². The van der Waals surface area contributed by atoms with E-state index in [1.807, 2.05) is 43.3 Å². The van der Waals surface area contributed by atoms with Gasteiger partial charge in [-0.05, 0) is 36.3 Å². The Morgan fingerprint density at radius 2 is 1.96 bits per heavy atom. The van der Waals surface area contributed by atoms with Gasteiger partial charge in [-0.1, -0.05) is 48.0 Å². The number of cyclic esters (lactones) is 1. The van der Waals surface area contributed by atoms with Crippen molar-refractivity contribution in [1.29, 1.82) is 0 Å². The first-order valence-electron chi connectivity index (χ1n) is 7.64. The lowest BCUT2D eigenvalue weighted by molar-refractivity contribution is -0.384. The molecular weight excluding hydrogens is 356 g/mol. The molecule has 0 atom stereocenters. The molecule has 0 radical (unpaired) electrons. The molecule has 0 unspecified atom stereocenters. The minimum absolute atomic E-state index is 0.000998. The quantitative estimate of drug-likeness (QED) is 0.343. The van der Waals surface area contributed by atoms with Gasteiger partial charge in [0.1, 0.15) is 5.02 Å². The monoisotopic (exact) mass is 368 g/mol. The number of nitro groups is 1. The summed E-state index contributed by atoms with van der Waals surface area (Å²) in [6, 6.07) is 13.7. The van der Waals surface area contributed by atoms with Crippen molar-refractivity contribution in [2.24, 2.45) is 4.99 Å². The molecular formula is C19H13ClN2O4. The second kappa shape index (κ2) is 7.33. The predicted octanol–water partition coefficient (Wildman–Crippen LogP) is 4.54. The van der Waals surface area contributed by atoms with Gasteiger partial charge in [-0.25, -0.2) is 9.79 Å². The Labute approximate surface area is 154 Å². The third-order valence-corrected chi connectivity index (χ3v) is 3.89. The number of halogens is 1. The van der Waals surface area contributed by atoms with Crippen molar-refractivity contribution in [3.8, 4) is 0 Å². The van der Waals surface area contributed by atoms with Crippen LogP contribution in [0.5, 0.6) is 0 Å². The highest BCUT2D eigenvalue weighted by Crippen LogP contribution is 2.27. The molecule has 0 aromatic heterocycles. The predicted molar refractivity (Wildman–Crippen MR) is 98.9 cm³/mol. The number of ether oxygens (including phenoxy) is 1. The van der Waals surface area contributed by atoms with Crippen LogP contribution in [0.15, 0.2) is 70.9 Å². The van der Waals surface area contributed by atoms with Crippen molar-refractivity contribution in [3.63, 3.8) is 0 Å². The summed E-state index contributed by atoms with van der Waals surface area (Å²) in [5.74, 6) is -0.605. The van der Waals surface area contributed by atoms with Crippen LogP contribution in [0.1, 0.15) is 18.1 Å². The Morgan fingerprint density at radius 3 is 2.65 bits per heavy atom. The van der Waals surface area contributed by atoms with Gasteiger partial charge in [-0.2, -0.15) is 0 Å². The zero-order chi connectivity index (χ0) is 18.7. The lowest BCUT2D eigenvalue weighted by atomic mass is 10.1. The van der Waals surface area contributed by atoms with E-state index >= 15 is 0 Å². The molecule has 0 aliphatic carbocycles. The molecule has 1 aliphatic rings. The van der Waals surface area contributed by atoms with Gasteiger partial charge in [-0.15, -0.1) is 0 Å². The smallest absolute Gasteiger partial charge is 0.363 e. The van der Waals surface area contributed by atoms with Crippen LogP contribution in [0.4, 0.5) is 5.69 Å². The summed E-state index contributed by atoms with van der Waals surface area (Å²) in [6.07, 6.45) is 3.51. The van der Waals surface area contributed by atoms with Gasteiger partial charge in [-0.3, -0.25) is 10.1 Å². The standard InChI is InChI=1S/C19H13ClN2O4/c1-12(9-13-5-3-2-4-6-13)10-16-19(23)26-18(21-16)14-7-8-15(20)17(11-14)22(24)25/h2-11H,1H3/b12-9-,16-10-. The number of esters is 1. The first-order valence-corrected chi connectivity index (χ1v) is 8.02. The number of carbonyl (C=O) groups excluding carboxylic acids is 1. The maximum atomic E-state index is 12.0. The fourth-order valence-corrected chi connectivity index (χ4v) is 2.57. The Hall–Kier alpha value is -3.25. The largest absolute Gasteiger partial charge is 0.402 e. The number of hydrogen-bond donors (Lipinski definition) is 0. The van der Waals surface area contributed by atoms with Crippen LogP contribution < -0.4 is 0 Å². The number of benzene rings is 2. The third kappa shape index (κ3) is 3.87. The Bertz CT molecular complexity index is 978. The normalized spacial score (nSPS) is 15.8. The van der Waals surface area contributed by atoms with Gasteiger partial charge in [0.2, 0.25) is 5.90 Å². The average Bonchev–Trinajstić information content (AvgIpc) is 2.96. The first kappa shape index (κ1) is 17.6. The molecule has 26 heavy (non-hydrogen) atoms. The van der Waals surface area contributed by atoms with Crippen LogP contribution in [-0.2, 0) is 9.53 Å². The molecule has 0 saturated heterocycles. The molecule has 0 spiro atoms. The number of carbonyl (C=O) groups is 1. The lowest BCUT2D eigenvalue weighted by Gasteiger charge is -2.00. The third-order valence-electron chi connectivity index (χ3n) is 3.57. The molecule has 7 heteroatoms. The summed E-state index contributed by atoms with van der Waals surface area (Å²) in [5.41, 5.74) is 1.96. The van der Waals surface area contributed by atoms with Crippen molar-refractivity contribution < 1.29 is 14.5 Å². The highest BCUT2D eigenvalue weighted by atomic mass is 35.5. The van der Waals surface area contributed by atoms with Crippen LogP contribution in [0.2, 0.25) is 5.02 Å². The van der Waals surface area contributed by atoms with Crippen molar-refractivity contribution in [1.82, 2.24) is 0 Å². The van der Waals surface area contributed by atoms with Crippen LogP contribution in [0.25, 0.3) is 6.08 Å². The Morgan fingerprint density at radius 1 is 1.23 bits per heavy atom. The van der Waals surface area contributed by atoms with E-state index in [1.165, 1.54) is 18.2 Å². The van der Waals surface area contributed by atoms with E-state index in [-0.39, 0.29) is 22.3 Å². The van der Waals surface area contributed by atoms with Crippen LogP contribution in [0.3, 0.4) is 0 Å². The molecule has 0 saturated carbocycles. The number of aliphatic imine (C=N–C) groups is 1. The molecule has 0 bridgehead atoms. The molecule has 2 aromatic rings. The second-order valence-corrected chi connectivity index (χ2v) is 5.97. The number of hydrogen-bond acceptors (Lipinski definition) is 5. The molecule has 0 N–H and O–H groups in total. The first-order chi connectivity index (χ1) is 12.4. The minimum Gasteiger partial charge on any atom is -0.402 e. The average molecular weight is 369 g/mol. The highest BCUT2D eigenvalue weighted by Gasteiger charge is 2.26. The second-order valence-electron chi connectivity index (χ2n) is 5.56. The Kier molecular flexibility index (Phi) is 4.95. The van der Waals surface area contributed by atoms with Gasteiger partial charge >= 0.3 is 5.97 Å². The van der Waals surface area contributed by atoms with Gasteiger partial charge in [0.05, 0.1) is 4.92 Å². The van der Waals surface area contributed by atoms with Gasteiger partial charge in [0.15, 0.2) is 5.70 Å². The fourth-order valence-electron chi connectivity index (χ4n) is 2.39. The van der Waals surface area contributed by atoms with Crippen LogP contribution in [-0.4, -0.2) is 16.8 Å². The van der Waals surface area contributed by atoms with E-state index in [0.717, 1.165) is 11.1 Å². The van der Waals surface area contributed by atoms with Gasteiger partial charge < -0.3 is 4.74 Å². The van der Waals surface area contributed by atoms with E-state index in [0.29, 0.717) is 5.56 Å². The SMILES string of the molecule is CC(=C/c1ccccc1)/C=C1\N=C(c2ccc(Cl)c([N+](=O)[O-])c2)OC1=O. The summed E-state index contributed by atoms with van der Waals surface area (Å²) in [6.45, 7) is 1.84. The molecule has 6 nitrogen and oxygen atoms in total. The molecule has 1 aliphatic heterocycles. The summed E-state index contributed by atoms with van der Waals surface area (Å²) in [5, 5.41) is 11.0. The minimum atomic E-state index is -0.613. The van der Waals surface area contributed by atoms with Crippen molar-refractivity contribution in [3.05, 3.63) is 92.1 Å². The van der Waals surface area contributed by atoms with Gasteiger partial charge in [0.25, 0.3) is 5.69 Å². The van der Waals surface area contributed by atoms with Crippen LogP contribution in [0, 0.1) is 10.1 Å². The van der Waals surface area contributed by atoms with E-state index in [2.05, 4.69) is 4.99 Å². The highest BCUT2D eigenvalue weighted by molar-refractivity contribution is 6.32. The summed E-state index contributed by atoms with van der Waals surface area (Å²) in [4.78, 5) is 26.6. The van der Waals surface area contributed by atoms with Crippen molar-refractivity contribution >= 4 is 35.2 Å². The lowest BCUT2D eigenvalue weighted by Crippen LogP contribution is -2.06. The summed E-state index contributed by atoms with van der Waals surface area (Å²) in [7, 11) is 0. The zero-order valence-electron chi connectivity index (χ0n) is 13.7. The van der Waals surface area contributed by atoms with E-state index in [1.54, 1.807) is 6.08 Å². The number of rotatable bonds is 4. The van der Waals surface area contributed by atoms with E-state index in [4.69, 9.17) is 16.3 Å². The van der Waals surface area contributed by atoms with Crippen molar-refractivity contribution in [2.75, 3.05) is 0 Å². The molecule has 0 fully saturated rings. The molecule has 3 rings (SSSR count). The maximum Gasteiger partial charge on any atom is 0.363 e. The number of allylic oxidation sites excluding steroid dienone is 2. The van der Waals surface area contributed by atoms with Crippen LogP contribution >= 0.6 is 11.6 Å². The molecule has 2 aromatic carbocycles. The molecule has 1 heterocycles. The van der Waals surface area contributed by atoms with E-state index < -0.39 is 10.9 Å². The summed E-state index contributed by atoms with van der Waals surface area (Å²) >= 11 is 5.79. The molecule has 130 valence electrons. The zero-order valence-corrected chi connectivity index (χ0v) is 14.4. The van der Waals surface area contributed by atoms with E-state index in [9.17, 15) is 14.9 Å². The molecule has 0 amide bonds. The number of nitro benzene ring substituents is 1. The maximum absolute atomic E-state index is 12.0. The topological polar surface area (TPSA) is 81.8 Å². The summed E-state index contributed by atoms with van der Waals surface area (Å²) < 4.78 is 5.14.